The zero-order valence-electron chi connectivity index (χ0n) is 11.6. The highest BCUT2D eigenvalue weighted by atomic mass is 14.9. The van der Waals surface area contributed by atoms with Gasteiger partial charge in [0.15, 0.2) is 0 Å². The van der Waals surface area contributed by atoms with E-state index < -0.39 is 0 Å². The van der Waals surface area contributed by atoms with Gasteiger partial charge >= 0.3 is 0 Å². The van der Waals surface area contributed by atoms with Gasteiger partial charge in [-0.25, -0.2) is 0 Å². The van der Waals surface area contributed by atoms with Crippen LogP contribution < -0.4 is 5.32 Å². The summed E-state index contributed by atoms with van der Waals surface area (Å²) >= 11 is 0. The summed E-state index contributed by atoms with van der Waals surface area (Å²) in [5, 5.41) is 3.71. The Morgan fingerprint density at radius 2 is 2.00 bits per heavy atom. The fourth-order valence-electron chi connectivity index (χ4n) is 3.21. The fraction of sp³-hybridized carbons (Fsp3) is 0.625. The second-order valence-corrected chi connectivity index (χ2v) is 6.25. The number of benzene rings is 1. The number of hydrogen-bond acceptors (Lipinski definition) is 1. The predicted octanol–water partition coefficient (Wildman–Crippen LogP) is 3.74. The fourth-order valence-corrected chi connectivity index (χ4v) is 3.21. The molecule has 0 radical (unpaired) electrons. The van der Waals surface area contributed by atoms with E-state index in [0.29, 0.717) is 17.4 Å². The summed E-state index contributed by atoms with van der Waals surface area (Å²) < 4.78 is 0. The molecular formula is C16H25N. The number of hydrogen-bond donors (Lipinski definition) is 1. The van der Waals surface area contributed by atoms with Crippen molar-refractivity contribution in [1.82, 2.24) is 5.32 Å². The van der Waals surface area contributed by atoms with Crippen molar-refractivity contribution in [3.63, 3.8) is 0 Å². The molecular weight excluding hydrogens is 206 g/mol. The van der Waals surface area contributed by atoms with Gasteiger partial charge in [0.25, 0.3) is 0 Å². The number of fused-ring (bicyclic) bond motifs is 1. The Balaban J connectivity index is 2.28. The number of nitrogens with one attached hydrogen (secondary N) is 1. The van der Waals surface area contributed by atoms with Crippen LogP contribution in [0.5, 0.6) is 0 Å². The van der Waals surface area contributed by atoms with Gasteiger partial charge in [-0.2, -0.15) is 0 Å². The van der Waals surface area contributed by atoms with Crippen molar-refractivity contribution < 1.29 is 0 Å². The molecule has 1 aromatic carbocycles. The summed E-state index contributed by atoms with van der Waals surface area (Å²) in [5.74, 6) is 0.686. The predicted molar refractivity (Wildman–Crippen MR) is 74.4 cm³/mol. The molecule has 0 saturated heterocycles. The van der Waals surface area contributed by atoms with Gasteiger partial charge in [0.05, 0.1) is 0 Å². The first-order valence-corrected chi connectivity index (χ1v) is 6.85. The summed E-state index contributed by atoms with van der Waals surface area (Å²) in [6.45, 7) is 10.3. The standard InChI is InChI=1S/C16H25N/c1-5-17-15(16(2,3)4)14-11-10-12-8-6-7-9-13(12)14/h6-9,14-15,17H,5,10-11H2,1-4H3. The molecule has 0 fully saturated rings. The van der Waals surface area contributed by atoms with Crippen LogP contribution in [0.2, 0.25) is 0 Å². The minimum Gasteiger partial charge on any atom is -0.313 e. The molecule has 0 aliphatic heterocycles. The van der Waals surface area contributed by atoms with Crippen molar-refractivity contribution in [2.24, 2.45) is 5.41 Å². The normalized spacial score (nSPS) is 21.3. The highest BCUT2D eigenvalue weighted by molar-refractivity contribution is 5.36. The van der Waals surface area contributed by atoms with Gasteiger partial charge in [0, 0.05) is 12.0 Å². The maximum Gasteiger partial charge on any atom is 0.0184 e. The Kier molecular flexibility index (Phi) is 3.58. The van der Waals surface area contributed by atoms with Crippen molar-refractivity contribution in [1.29, 1.82) is 0 Å². The van der Waals surface area contributed by atoms with E-state index in [1.54, 1.807) is 11.1 Å². The van der Waals surface area contributed by atoms with Gasteiger partial charge < -0.3 is 5.32 Å². The molecule has 1 aliphatic carbocycles. The van der Waals surface area contributed by atoms with Crippen LogP contribution in [0.3, 0.4) is 0 Å². The van der Waals surface area contributed by atoms with Crippen molar-refractivity contribution in [3.8, 4) is 0 Å². The van der Waals surface area contributed by atoms with Gasteiger partial charge in [0.2, 0.25) is 0 Å². The molecule has 1 N–H and O–H groups in total. The number of aryl methyl sites for hydroxylation is 1. The van der Waals surface area contributed by atoms with Crippen LogP contribution in [-0.2, 0) is 6.42 Å². The SMILES string of the molecule is CCNC(C1CCc2ccccc21)C(C)(C)C. The van der Waals surface area contributed by atoms with Crippen molar-refractivity contribution >= 4 is 0 Å². The highest BCUT2D eigenvalue weighted by Crippen LogP contribution is 2.40. The Morgan fingerprint density at radius 1 is 1.29 bits per heavy atom. The molecule has 2 rings (SSSR count). The zero-order chi connectivity index (χ0) is 12.5. The van der Waals surface area contributed by atoms with Crippen molar-refractivity contribution in [2.75, 3.05) is 6.54 Å². The van der Waals surface area contributed by atoms with E-state index in [2.05, 4.69) is 57.3 Å². The third-order valence-electron chi connectivity index (χ3n) is 3.94. The average Bonchev–Trinajstić information content (AvgIpc) is 2.68. The molecule has 1 nitrogen and oxygen atoms in total. The number of likely N-dealkylation sites (N-methyl/N-ethyl adjacent to an activating group) is 1. The van der Waals surface area contributed by atoms with Crippen LogP contribution in [0.1, 0.15) is 51.2 Å². The lowest BCUT2D eigenvalue weighted by Gasteiger charge is -2.36. The summed E-state index contributed by atoms with van der Waals surface area (Å²) in [4.78, 5) is 0. The van der Waals surface area contributed by atoms with E-state index in [-0.39, 0.29) is 0 Å². The van der Waals surface area contributed by atoms with Gasteiger partial charge in [-0.1, -0.05) is 52.0 Å². The maximum atomic E-state index is 3.71. The molecule has 0 amide bonds. The topological polar surface area (TPSA) is 12.0 Å². The Bertz CT molecular complexity index is 375. The average molecular weight is 231 g/mol. The molecule has 17 heavy (non-hydrogen) atoms. The van der Waals surface area contributed by atoms with Crippen LogP contribution in [0.25, 0.3) is 0 Å². The summed E-state index contributed by atoms with van der Waals surface area (Å²) in [5.41, 5.74) is 3.45. The first-order valence-electron chi connectivity index (χ1n) is 6.85. The van der Waals surface area contributed by atoms with E-state index in [4.69, 9.17) is 0 Å². The van der Waals surface area contributed by atoms with Crippen LogP contribution in [0.4, 0.5) is 0 Å². The van der Waals surface area contributed by atoms with E-state index >= 15 is 0 Å². The Morgan fingerprint density at radius 3 is 2.65 bits per heavy atom. The van der Waals surface area contributed by atoms with Crippen molar-refractivity contribution in [3.05, 3.63) is 35.4 Å². The smallest absolute Gasteiger partial charge is 0.0184 e. The third kappa shape index (κ3) is 2.55. The van der Waals surface area contributed by atoms with Gasteiger partial charge in [-0.05, 0) is 35.9 Å². The van der Waals surface area contributed by atoms with E-state index in [0.717, 1.165) is 6.54 Å². The van der Waals surface area contributed by atoms with Gasteiger partial charge in [0.1, 0.15) is 0 Å². The van der Waals surface area contributed by atoms with Gasteiger partial charge in [-0.15, -0.1) is 0 Å². The summed E-state index contributed by atoms with van der Waals surface area (Å²) in [6, 6.07) is 9.55. The second kappa shape index (κ2) is 4.81. The van der Waals surface area contributed by atoms with Crippen LogP contribution in [0.15, 0.2) is 24.3 Å². The van der Waals surface area contributed by atoms with Crippen LogP contribution in [-0.4, -0.2) is 12.6 Å². The zero-order valence-corrected chi connectivity index (χ0v) is 11.6. The molecule has 94 valence electrons. The molecule has 0 heterocycles. The summed E-state index contributed by atoms with van der Waals surface area (Å²) in [7, 11) is 0. The second-order valence-electron chi connectivity index (χ2n) is 6.25. The first-order chi connectivity index (χ1) is 8.04. The monoisotopic (exact) mass is 231 g/mol. The lowest BCUT2D eigenvalue weighted by Crippen LogP contribution is -2.44. The highest BCUT2D eigenvalue weighted by Gasteiger charge is 2.35. The molecule has 2 atom stereocenters. The lowest BCUT2D eigenvalue weighted by atomic mass is 9.76. The lowest BCUT2D eigenvalue weighted by molar-refractivity contribution is 0.233. The Labute approximate surface area is 106 Å². The minimum absolute atomic E-state index is 0.318. The third-order valence-corrected chi connectivity index (χ3v) is 3.94. The molecule has 0 saturated carbocycles. The maximum absolute atomic E-state index is 3.71. The number of rotatable bonds is 3. The summed E-state index contributed by atoms with van der Waals surface area (Å²) in [6.07, 6.45) is 2.55. The van der Waals surface area contributed by atoms with Crippen molar-refractivity contribution in [2.45, 2.75) is 52.5 Å². The quantitative estimate of drug-likeness (QED) is 0.835. The molecule has 1 aromatic rings. The first kappa shape index (κ1) is 12.6. The molecule has 0 aromatic heterocycles. The minimum atomic E-state index is 0.318. The van der Waals surface area contributed by atoms with E-state index in [9.17, 15) is 0 Å². The van der Waals surface area contributed by atoms with E-state index in [1.165, 1.54) is 12.8 Å². The molecule has 0 spiro atoms. The molecule has 1 heteroatoms. The largest absolute Gasteiger partial charge is 0.313 e. The van der Waals surface area contributed by atoms with Crippen LogP contribution >= 0.6 is 0 Å². The Hall–Kier alpha value is -0.820. The molecule has 1 aliphatic rings. The van der Waals surface area contributed by atoms with Crippen LogP contribution in [0, 0.1) is 5.41 Å². The van der Waals surface area contributed by atoms with E-state index in [1.807, 2.05) is 0 Å². The van der Waals surface area contributed by atoms with Gasteiger partial charge in [-0.3, -0.25) is 0 Å². The molecule has 0 bridgehead atoms. The molecule has 2 unspecified atom stereocenters.